The summed E-state index contributed by atoms with van der Waals surface area (Å²) in [5.41, 5.74) is 9.76. The lowest BCUT2D eigenvalue weighted by Gasteiger charge is -2.26. The third-order valence-electron chi connectivity index (χ3n) is 4.50. The Hall–Kier alpha value is -2.92. The topological polar surface area (TPSA) is 87.4 Å². The van der Waals surface area contributed by atoms with Crippen LogP contribution in [0.15, 0.2) is 66.1 Å². The van der Waals surface area contributed by atoms with E-state index in [1.54, 1.807) is 6.07 Å². The summed E-state index contributed by atoms with van der Waals surface area (Å²) in [6.45, 7) is 0.640. The first-order valence-electron chi connectivity index (χ1n) is 8.73. The van der Waals surface area contributed by atoms with Crippen molar-refractivity contribution in [3.63, 3.8) is 0 Å². The second-order valence-corrected chi connectivity index (χ2v) is 6.96. The standard InChI is InChI=1S/C21H22ClN3O2/c22-18-6-7-19(16(11-18)8-15-9-17(10-15)21(26)27)25-20(12-23)24-13-14-4-2-1-3-5-14/h1-8,11-12,17,24-25H,9-10,13,23H2,(H,26,27)/b15-8?,20-12+. The first kappa shape index (κ1) is 18.9. The molecule has 0 radical (unpaired) electrons. The van der Waals surface area contributed by atoms with E-state index in [0.29, 0.717) is 30.2 Å². The number of carboxylic acids is 1. The van der Waals surface area contributed by atoms with Gasteiger partial charge in [-0.1, -0.05) is 53.6 Å². The van der Waals surface area contributed by atoms with E-state index in [2.05, 4.69) is 10.6 Å². The summed E-state index contributed by atoms with van der Waals surface area (Å²) in [7, 11) is 0. The van der Waals surface area contributed by atoms with Gasteiger partial charge in [-0.05, 0) is 42.2 Å². The number of hydrogen-bond donors (Lipinski definition) is 4. The van der Waals surface area contributed by atoms with Crippen LogP contribution in [0.1, 0.15) is 24.0 Å². The maximum atomic E-state index is 11.0. The number of aliphatic carboxylic acids is 1. The van der Waals surface area contributed by atoms with E-state index in [0.717, 1.165) is 22.4 Å². The Morgan fingerprint density at radius 1 is 1.22 bits per heavy atom. The number of halogens is 1. The summed E-state index contributed by atoms with van der Waals surface area (Å²) in [6, 6.07) is 15.6. The minimum Gasteiger partial charge on any atom is -0.481 e. The van der Waals surface area contributed by atoms with Gasteiger partial charge in [0.05, 0.1) is 5.92 Å². The van der Waals surface area contributed by atoms with Crippen molar-refractivity contribution in [2.45, 2.75) is 19.4 Å². The van der Waals surface area contributed by atoms with Crippen molar-refractivity contribution in [1.29, 1.82) is 0 Å². The van der Waals surface area contributed by atoms with Crippen LogP contribution in [-0.4, -0.2) is 11.1 Å². The molecule has 6 heteroatoms. The molecule has 0 aliphatic heterocycles. The molecule has 5 N–H and O–H groups in total. The van der Waals surface area contributed by atoms with Gasteiger partial charge in [-0.3, -0.25) is 4.79 Å². The maximum Gasteiger partial charge on any atom is 0.307 e. The highest BCUT2D eigenvalue weighted by Gasteiger charge is 2.29. The van der Waals surface area contributed by atoms with Crippen molar-refractivity contribution in [3.8, 4) is 0 Å². The molecule has 1 aliphatic rings. The Kier molecular flexibility index (Phi) is 6.04. The number of nitrogens with one attached hydrogen (secondary N) is 2. The number of anilines is 1. The highest BCUT2D eigenvalue weighted by Crippen LogP contribution is 2.36. The molecule has 1 fully saturated rings. The molecule has 0 aromatic heterocycles. The second kappa shape index (κ2) is 8.64. The van der Waals surface area contributed by atoms with Crippen LogP contribution in [0.4, 0.5) is 5.69 Å². The summed E-state index contributed by atoms with van der Waals surface area (Å²) in [5.74, 6) is -0.341. The SMILES string of the molecule is N/C=C(\NCc1ccccc1)Nc1ccc(Cl)cc1C=C1CC(C(=O)O)C1. The summed E-state index contributed by atoms with van der Waals surface area (Å²) in [6.07, 6.45) is 4.64. The van der Waals surface area contributed by atoms with Crippen LogP contribution in [0.25, 0.3) is 6.08 Å². The predicted octanol–water partition coefficient (Wildman–Crippen LogP) is 4.18. The molecule has 2 aromatic carbocycles. The third-order valence-corrected chi connectivity index (χ3v) is 4.74. The van der Waals surface area contributed by atoms with Crippen LogP contribution < -0.4 is 16.4 Å². The minimum atomic E-state index is -0.741. The highest BCUT2D eigenvalue weighted by molar-refractivity contribution is 6.30. The van der Waals surface area contributed by atoms with Crippen LogP contribution in [0.2, 0.25) is 5.02 Å². The Bertz CT molecular complexity index is 870. The third kappa shape index (κ3) is 5.05. The molecule has 0 amide bonds. The lowest BCUT2D eigenvalue weighted by molar-refractivity contribution is -0.143. The molecule has 0 bridgehead atoms. The number of carboxylic acid groups (broad SMARTS) is 1. The number of rotatable bonds is 7. The fraction of sp³-hybridized carbons (Fsp3) is 0.190. The summed E-state index contributed by atoms with van der Waals surface area (Å²) in [5, 5.41) is 16.2. The highest BCUT2D eigenvalue weighted by atomic mass is 35.5. The van der Waals surface area contributed by atoms with Crippen LogP contribution in [0.5, 0.6) is 0 Å². The van der Waals surface area contributed by atoms with Crippen LogP contribution >= 0.6 is 11.6 Å². The summed E-state index contributed by atoms with van der Waals surface area (Å²) >= 11 is 6.15. The number of carbonyl (C=O) groups is 1. The van der Waals surface area contributed by atoms with Gasteiger partial charge in [0.15, 0.2) is 0 Å². The smallest absolute Gasteiger partial charge is 0.307 e. The largest absolute Gasteiger partial charge is 0.481 e. The van der Waals surface area contributed by atoms with Crippen molar-refractivity contribution < 1.29 is 9.90 Å². The average molecular weight is 384 g/mol. The van der Waals surface area contributed by atoms with Gasteiger partial charge in [0.25, 0.3) is 0 Å². The summed E-state index contributed by atoms with van der Waals surface area (Å²) in [4.78, 5) is 11.0. The van der Waals surface area contributed by atoms with Gasteiger partial charge >= 0.3 is 5.97 Å². The van der Waals surface area contributed by atoms with Crippen molar-refractivity contribution in [2.75, 3.05) is 5.32 Å². The molecule has 0 saturated heterocycles. The van der Waals surface area contributed by atoms with E-state index in [1.165, 1.54) is 6.20 Å². The summed E-state index contributed by atoms with van der Waals surface area (Å²) < 4.78 is 0. The fourth-order valence-electron chi connectivity index (χ4n) is 2.94. The first-order valence-corrected chi connectivity index (χ1v) is 9.11. The molecule has 2 aromatic rings. The molecule has 0 unspecified atom stereocenters. The lowest BCUT2D eigenvalue weighted by atomic mass is 9.79. The van der Waals surface area contributed by atoms with Crippen LogP contribution in [0.3, 0.4) is 0 Å². The molecule has 140 valence electrons. The van der Waals surface area contributed by atoms with Gasteiger partial charge in [0.2, 0.25) is 0 Å². The predicted molar refractivity (Wildman–Crippen MR) is 109 cm³/mol. The molecule has 27 heavy (non-hydrogen) atoms. The molecular weight excluding hydrogens is 362 g/mol. The number of allylic oxidation sites excluding steroid dienone is 1. The Balaban J connectivity index is 1.70. The Morgan fingerprint density at radius 2 is 1.96 bits per heavy atom. The zero-order chi connectivity index (χ0) is 19.2. The van der Waals surface area contributed by atoms with E-state index in [9.17, 15) is 4.79 Å². The number of benzene rings is 2. The lowest BCUT2D eigenvalue weighted by Crippen LogP contribution is -2.23. The van der Waals surface area contributed by atoms with Crippen molar-refractivity contribution >= 4 is 29.3 Å². The Labute approximate surface area is 163 Å². The van der Waals surface area contributed by atoms with Crippen molar-refractivity contribution in [1.82, 2.24) is 5.32 Å². The van der Waals surface area contributed by atoms with Gasteiger partial charge in [-0.25, -0.2) is 0 Å². The van der Waals surface area contributed by atoms with E-state index in [-0.39, 0.29) is 5.92 Å². The van der Waals surface area contributed by atoms with E-state index in [1.807, 2.05) is 48.5 Å². The zero-order valence-corrected chi connectivity index (χ0v) is 15.5. The molecule has 1 saturated carbocycles. The number of nitrogens with two attached hydrogens (primary N) is 1. The molecule has 0 heterocycles. The van der Waals surface area contributed by atoms with Crippen molar-refractivity contribution in [2.24, 2.45) is 11.7 Å². The molecule has 0 atom stereocenters. The van der Waals surface area contributed by atoms with Gasteiger partial charge in [0, 0.05) is 23.5 Å². The minimum absolute atomic E-state index is 0.279. The molecule has 0 spiro atoms. The van der Waals surface area contributed by atoms with Gasteiger partial charge in [-0.15, -0.1) is 0 Å². The van der Waals surface area contributed by atoms with Crippen LogP contribution in [-0.2, 0) is 11.3 Å². The monoisotopic (exact) mass is 383 g/mol. The Morgan fingerprint density at radius 3 is 2.63 bits per heavy atom. The maximum absolute atomic E-state index is 11.0. The van der Waals surface area contributed by atoms with Crippen LogP contribution in [0, 0.1) is 5.92 Å². The van der Waals surface area contributed by atoms with E-state index >= 15 is 0 Å². The molecule has 5 nitrogen and oxygen atoms in total. The van der Waals surface area contributed by atoms with E-state index < -0.39 is 5.97 Å². The molecule has 1 aliphatic carbocycles. The van der Waals surface area contributed by atoms with E-state index in [4.69, 9.17) is 22.4 Å². The van der Waals surface area contributed by atoms with Crippen molar-refractivity contribution in [3.05, 3.63) is 82.3 Å². The van der Waals surface area contributed by atoms with Gasteiger partial charge in [-0.2, -0.15) is 0 Å². The second-order valence-electron chi connectivity index (χ2n) is 6.52. The van der Waals surface area contributed by atoms with Gasteiger partial charge < -0.3 is 21.5 Å². The average Bonchev–Trinajstić information content (AvgIpc) is 2.63. The fourth-order valence-corrected chi connectivity index (χ4v) is 3.12. The number of hydrogen-bond acceptors (Lipinski definition) is 4. The molecular formula is C21H22ClN3O2. The van der Waals surface area contributed by atoms with Gasteiger partial charge in [0.1, 0.15) is 5.82 Å². The zero-order valence-electron chi connectivity index (χ0n) is 14.8. The first-order chi connectivity index (χ1) is 13.0. The quantitative estimate of drug-likeness (QED) is 0.576. The molecule has 3 rings (SSSR count). The normalized spacial score (nSPS) is 16.4.